The van der Waals surface area contributed by atoms with Crippen LogP contribution in [0.1, 0.15) is 24.5 Å². The maximum absolute atomic E-state index is 11.6. The Morgan fingerprint density at radius 3 is 2.33 bits per heavy atom. The number of hydrogen-bond acceptors (Lipinski definition) is 1. The van der Waals surface area contributed by atoms with Crippen molar-refractivity contribution < 1.29 is 4.79 Å². The predicted molar refractivity (Wildman–Crippen MR) is 67.6 cm³/mol. The highest BCUT2D eigenvalue weighted by Crippen LogP contribution is 2.15. The van der Waals surface area contributed by atoms with Gasteiger partial charge in [-0.1, -0.05) is 28.9 Å². The molecule has 0 aliphatic carbocycles. The van der Waals surface area contributed by atoms with Crippen LogP contribution in [-0.2, 0) is 4.79 Å². The van der Waals surface area contributed by atoms with E-state index in [0.29, 0.717) is 0 Å². The van der Waals surface area contributed by atoms with Gasteiger partial charge in [-0.3, -0.25) is 4.79 Å². The number of benzene rings is 1. The van der Waals surface area contributed by atoms with Crippen molar-refractivity contribution in [1.82, 2.24) is 0 Å². The normalized spacial score (nSPS) is 12.3. The Bertz CT molecular complexity index is 342. The summed E-state index contributed by atoms with van der Waals surface area (Å²) in [5.74, 6) is 0.0162. The van der Waals surface area contributed by atoms with Gasteiger partial charge < -0.3 is 5.32 Å². The number of nitrogens with one attached hydrogen (secondary N) is 1. The molecule has 0 aliphatic rings. The fourth-order valence-electron chi connectivity index (χ4n) is 1.45. The molecule has 0 heterocycles. The number of hydrogen-bond donors (Lipinski definition) is 1. The van der Waals surface area contributed by atoms with Gasteiger partial charge in [-0.05, 0) is 43.5 Å². The molecule has 15 heavy (non-hydrogen) atoms. The quantitative estimate of drug-likeness (QED) is 0.838. The molecule has 0 bridgehead atoms. The smallest absolute Gasteiger partial charge is 0.238 e. The summed E-state index contributed by atoms with van der Waals surface area (Å²) in [6.07, 6.45) is 0.788. The summed E-state index contributed by atoms with van der Waals surface area (Å²) >= 11 is 3.32. The summed E-state index contributed by atoms with van der Waals surface area (Å²) in [4.78, 5) is 11.5. The van der Waals surface area contributed by atoms with E-state index in [1.54, 1.807) is 0 Å². The van der Waals surface area contributed by atoms with Gasteiger partial charge in [0.15, 0.2) is 0 Å². The van der Waals surface area contributed by atoms with Gasteiger partial charge in [-0.25, -0.2) is 0 Å². The van der Waals surface area contributed by atoms with Crippen LogP contribution in [0.5, 0.6) is 0 Å². The highest BCUT2D eigenvalue weighted by atomic mass is 79.9. The van der Waals surface area contributed by atoms with Crippen molar-refractivity contribution in [3.05, 3.63) is 29.3 Å². The number of amides is 1. The van der Waals surface area contributed by atoms with Crippen molar-refractivity contribution in [1.29, 1.82) is 0 Å². The first-order chi connectivity index (χ1) is 7.02. The van der Waals surface area contributed by atoms with E-state index in [1.165, 1.54) is 0 Å². The van der Waals surface area contributed by atoms with Crippen molar-refractivity contribution in [2.75, 3.05) is 5.32 Å². The molecule has 0 fully saturated rings. The van der Waals surface area contributed by atoms with Crippen LogP contribution in [0.3, 0.4) is 0 Å². The number of halogens is 1. The lowest BCUT2D eigenvalue weighted by Crippen LogP contribution is -2.22. The predicted octanol–water partition coefficient (Wildman–Crippen LogP) is 3.42. The second kappa shape index (κ2) is 5.31. The highest BCUT2D eigenvalue weighted by Gasteiger charge is 2.12. The van der Waals surface area contributed by atoms with E-state index >= 15 is 0 Å². The molecule has 1 amide bonds. The number of carbonyl (C=O) groups is 1. The van der Waals surface area contributed by atoms with E-state index < -0.39 is 0 Å². The SMILES string of the molecule is CC[C@H](Br)C(=O)Nc1cc(C)cc(C)c1. The van der Waals surface area contributed by atoms with Gasteiger partial charge in [-0.15, -0.1) is 0 Å². The molecule has 0 aromatic heterocycles. The third-order valence-corrected chi connectivity index (χ3v) is 3.20. The second-order valence-electron chi connectivity index (χ2n) is 3.74. The molecule has 0 spiro atoms. The van der Waals surface area contributed by atoms with E-state index in [9.17, 15) is 4.79 Å². The maximum atomic E-state index is 11.6. The van der Waals surface area contributed by atoms with Crippen molar-refractivity contribution >= 4 is 27.5 Å². The van der Waals surface area contributed by atoms with Gasteiger partial charge in [0.25, 0.3) is 0 Å². The third kappa shape index (κ3) is 3.67. The van der Waals surface area contributed by atoms with Gasteiger partial charge in [0, 0.05) is 5.69 Å². The van der Waals surface area contributed by atoms with Crippen LogP contribution >= 0.6 is 15.9 Å². The first-order valence-corrected chi connectivity index (χ1v) is 5.97. The number of alkyl halides is 1. The van der Waals surface area contributed by atoms with E-state index in [1.807, 2.05) is 32.9 Å². The molecular formula is C12H16BrNO. The van der Waals surface area contributed by atoms with E-state index in [-0.39, 0.29) is 10.7 Å². The minimum absolute atomic E-state index is 0.0162. The molecule has 1 aromatic carbocycles. The molecule has 0 saturated heterocycles. The van der Waals surface area contributed by atoms with Gasteiger partial charge in [0.1, 0.15) is 0 Å². The molecule has 82 valence electrons. The van der Waals surface area contributed by atoms with Crippen molar-refractivity contribution in [3.8, 4) is 0 Å². The lowest BCUT2D eigenvalue weighted by molar-refractivity contribution is -0.115. The first-order valence-electron chi connectivity index (χ1n) is 5.06. The Balaban J connectivity index is 2.76. The number of carbonyl (C=O) groups excluding carboxylic acids is 1. The molecular weight excluding hydrogens is 254 g/mol. The Labute approximate surface area is 99.2 Å². The number of anilines is 1. The summed E-state index contributed by atoms with van der Waals surface area (Å²) in [6.45, 7) is 6.02. The Morgan fingerprint density at radius 1 is 1.33 bits per heavy atom. The third-order valence-electron chi connectivity index (χ3n) is 2.13. The Kier molecular flexibility index (Phi) is 4.33. The van der Waals surface area contributed by atoms with Crippen LogP contribution in [0.2, 0.25) is 0 Å². The standard InChI is InChI=1S/C12H16BrNO/c1-4-11(13)12(15)14-10-6-8(2)5-9(3)7-10/h5-7,11H,4H2,1-3H3,(H,14,15)/t11-/m0/s1. The molecule has 1 rings (SSSR count). The number of aryl methyl sites for hydroxylation is 2. The summed E-state index contributed by atoms with van der Waals surface area (Å²) in [6, 6.07) is 6.03. The first kappa shape index (κ1) is 12.2. The number of rotatable bonds is 3. The fourth-order valence-corrected chi connectivity index (χ4v) is 1.57. The monoisotopic (exact) mass is 269 g/mol. The van der Waals surface area contributed by atoms with Gasteiger partial charge in [0.05, 0.1) is 4.83 Å². The second-order valence-corrected chi connectivity index (χ2v) is 4.85. The highest BCUT2D eigenvalue weighted by molar-refractivity contribution is 9.10. The summed E-state index contributed by atoms with van der Waals surface area (Å²) in [7, 11) is 0. The van der Waals surface area contributed by atoms with Crippen molar-refractivity contribution in [3.63, 3.8) is 0 Å². The molecule has 2 nitrogen and oxygen atoms in total. The zero-order chi connectivity index (χ0) is 11.4. The zero-order valence-corrected chi connectivity index (χ0v) is 10.9. The minimum Gasteiger partial charge on any atom is -0.325 e. The van der Waals surface area contributed by atoms with Crippen LogP contribution < -0.4 is 5.32 Å². The van der Waals surface area contributed by atoms with Gasteiger partial charge in [0.2, 0.25) is 5.91 Å². The van der Waals surface area contributed by atoms with Crippen molar-refractivity contribution in [2.45, 2.75) is 32.0 Å². The molecule has 0 aliphatic heterocycles. The van der Waals surface area contributed by atoms with Crippen LogP contribution in [-0.4, -0.2) is 10.7 Å². The minimum atomic E-state index is -0.113. The van der Waals surface area contributed by atoms with Gasteiger partial charge >= 0.3 is 0 Å². The molecule has 1 atom stereocenters. The van der Waals surface area contributed by atoms with E-state index in [0.717, 1.165) is 23.2 Å². The largest absolute Gasteiger partial charge is 0.325 e. The average Bonchev–Trinajstić information content (AvgIpc) is 2.14. The van der Waals surface area contributed by atoms with Crippen LogP contribution in [0.25, 0.3) is 0 Å². The maximum Gasteiger partial charge on any atom is 0.238 e. The summed E-state index contributed by atoms with van der Waals surface area (Å²) < 4.78 is 0. The molecule has 0 radical (unpaired) electrons. The molecule has 1 aromatic rings. The lowest BCUT2D eigenvalue weighted by atomic mass is 10.1. The van der Waals surface area contributed by atoms with E-state index in [4.69, 9.17) is 0 Å². The Morgan fingerprint density at radius 2 is 1.87 bits per heavy atom. The topological polar surface area (TPSA) is 29.1 Å². The fraction of sp³-hybridized carbons (Fsp3) is 0.417. The van der Waals surface area contributed by atoms with Crippen LogP contribution in [0.15, 0.2) is 18.2 Å². The van der Waals surface area contributed by atoms with E-state index in [2.05, 4.69) is 27.3 Å². The summed E-state index contributed by atoms with van der Waals surface area (Å²) in [5.41, 5.74) is 3.19. The Hall–Kier alpha value is -0.830. The molecule has 3 heteroatoms. The van der Waals surface area contributed by atoms with Crippen LogP contribution in [0, 0.1) is 13.8 Å². The van der Waals surface area contributed by atoms with Gasteiger partial charge in [-0.2, -0.15) is 0 Å². The average molecular weight is 270 g/mol. The zero-order valence-electron chi connectivity index (χ0n) is 9.30. The molecule has 0 unspecified atom stereocenters. The molecule has 0 saturated carbocycles. The summed E-state index contributed by atoms with van der Waals surface area (Å²) in [5, 5.41) is 2.89. The van der Waals surface area contributed by atoms with Crippen LogP contribution in [0.4, 0.5) is 5.69 Å². The van der Waals surface area contributed by atoms with Crippen molar-refractivity contribution in [2.24, 2.45) is 0 Å². The lowest BCUT2D eigenvalue weighted by Gasteiger charge is -2.10. The molecule has 1 N–H and O–H groups in total.